The van der Waals surface area contributed by atoms with Crippen LogP contribution >= 0.6 is 22.6 Å². The average Bonchev–Trinajstić information content (AvgIpc) is 2.26. The lowest BCUT2D eigenvalue weighted by Crippen LogP contribution is -2.51. The summed E-state index contributed by atoms with van der Waals surface area (Å²) in [5.74, 6) is -1.19. The molecule has 1 saturated heterocycles. The summed E-state index contributed by atoms with van der Waals surface area (Å²) >= 11 is 2.11. The Morgan fingerprint density at radius 3 is 2.58 bits per heavy atom. The molecule has 0 aromatic heterocycles. The minimum Gasteiger partial charge on any atom is -0.392 e. The Balaban J connectivity index is 2.82. The third kappa shape index (κ3) is 1.49. The number of aliphatic hydroxyl groups excluding tert-OH is 1. The lowest BCUT2D eigenvalue weighted by atomic mass is 9.91. The number of rotatable bonds is 2. The minimum atomic E-state index is -1.19. The summed E-state index contributed by atoms with van der Waals surface area (Å²) in [4.78, 5) is 0. The third-order valence-corrected chi connectivity index (χ3v) is 4.79. The number of alkyl halides is 1. The van der Waals surface area contributed by atoms with E-state index >= 15 is 0 Å². The zero-order chi connectivity index (χ0) is 9.41. The molecule has 3 atom stereocenters. The average molecular weight is 286 g/mol. The highest BCUT2D eigenvalue weighted by Gasteiger charge is 2.54. The minimum absolute atomic E-state index is 0.504. The monoisotopic (exact) mass is 286 g/mol. The molecule has 0 aromatic carbocycles. The molecule has 0 spiro atoms. The van der Waals surface area contributed by atoms with Gasteiger partial charge in [0.15, 0.2) is 5.79 Å². The summed E-state index contributed by atoms with van der Waals surface area (Å²) in [6, 6.07) is 0. The molecule has 1 aliphatic rings. The fraction of sp³-hybridized carbons (Fsp3) is 1.00. The van der Waals surface area contributed by atoms with Gasteiger partial charge in [0, 0.05) is 0 Å². The molecule has 1 aliphatic heterocycles. The number of hydrogen-bond donors (Lipinski definition) is 2. The maximum Gasteiger partial charge on any atom is 0.179 e. The summed E-state index contributed by atoms with van der Waals surface area (Å²) < 4.78 is 4.62. The lowest BCUT2D eigenvalue weighted by Gasteiger charge is -2.36. The van der Waals surface area contributed by atoms with E-state index in [9.17, 15) is 10.2 Å². The Labute approximate surface area is 86.3 Å². The largest absolute Gasteiger partial charge is 0.392 e. The normalized spacial score (nSPS) is 44.8. The summed E-state index contributed by atoms with van der Waals surface area (Å²) in [6.07, 6.45) is 0.841. The smallest absolute Gasteiger partial charge is 0.179 e. The quantitative estimate of drug-likeness (QED) is 0.589. The fourth-order valence-electron chi connectivity index (χ4n) is 1.55. The second-order valence-electron chi connectivity index (χ2n) is 3.37. The molecule has 4 heteroatoms. The molecule has 3 unspecified atom stereocenters. The molecule has 0 saturated carbocycles. The van der Waals surface area contributed by atoms with Crippen molar-refractivity contribution in [3.8, 4) is 0 Å². The maximum absolute atomic E-state index is 9.83. The van der Waals surface area contributed by atoms with Gasteiger partial charge in [0.2, 0.25) is 0 Å². The van der Waals surface area contributed by atoms with Crippen LogP contribution < -0.4 is 0 Å². The second-order valence-corrected chi connectivity index (χ2v) is 5.29. The van der Waals surface area contributed by atoms with Gasteiger partial charge >= 0.3 is 0 Å². The molecule has 1 rings (SSSR count). The van der Waals surface area contributed by atoms with Crippen molar-refractivity contribution in [1.29, 1.82) is 0 Å². The van der Waals surface area contributed by atoms with E-state index in [0.29, 0.717) is 19.4 Å². The summed E-state index contributed by atoms with van der Waals surface area (Å²) in [5, 5.41) is 19.5. The fourth-order valence-corrected chi connectivity index (χ4v) is 2.37. The number of hydrogen-bond acceptors (Lipinski definition) is 3. The van der Waals surface area contributed by atoms with Gasteiger partial charge in [0.1, 0.15) is 3.42 Å². The van der Waals surface area contributed by atoms with Gasteiger partial charge in [-0.3, -0.25) is 0 Å². The molecular formula is C8H15IO3. The van der Waals surface area contributed by atoms with Crippen molar-refractivity contribution < 1.29 is 14.9 Å². The molecular weight excluding hydrogens is 271 g/mol. The number of ether oxygens (including phenoxy) is 1. The van der Waals surface area contributed by atoms with Crippen LogP contribution in [-0.4, -0.2) is 32.1 Å². The van der Waals surface area contributed by atoms with Gasteiger partial charge in [-0.15, -0.1) is 0 Å². The SMILES string of the molecule is CCC(O)C1(I)CCOC1(C)O. The Bertz CT molecular complexity index is 172. The van der Waals surface area contributed by atoms with E-state index < -0.39 is 15.3 Å². The van der Waals surface area contributed by atoms with Gasteiger partial charge in [-0.2, -0.15) is 0 Å². The van der Waals surface area contributed by atoms with Crippen molar-refractivity contribution in [1.82, 2.24) is 0 Å². The van der Waals surface area contributed by atoms with Crippen LogP contribution in [0.1, 0.15) is 26.7 Å². The van der Waals surface area contributed by atoms with Gasteiger partial charge < -0.3 is 14.9 Å². The molecule has 0 aliphatic carbocycles. The van der Waals surface area contributed by atoms with Crippen LogP contribution in [-0.2, 0) is 4.74 Å². The first-order valence-corrected chi connectivity index (χ1v) is 5.25. The van der Waals surface area contributed by atoms with Crippen LogP contribution in [0.15, 0.2) is 0 Å². The van der Waals surface area contributed by atoms with Crippen LogP contribution in [0, 0.1) is 0 Å². The predicted molar refractivity (Wildman–Crippen MR) is 54.2 cm³/mol. The Kier molecular flexibility index (Phi) is 3.03. The molecule has 0 amide bonds. The van der Waals surface area contributed by atoms with Crippen LogP contribution in [0.3, 0.4) is 0 Å². The van der Waals surface area contributed by atoms with Gasteiger partial charge in [0.25, 0.3) is 0 Å². The first-order valence-electron chi connectivity index (χ1n) is 4.17. The van der Waals surface area contributed by atoms with Crippen molar-refractivity contribution in [3.05, 3.63) is 0 Å². The zero-order valence-electron chi connectivity index (χ0n) is 7.38. The molecule has 2 N–H and O–H groups in total. The zero-order valence-corrected chi connectivity index (χ0v) is 9.54. The summed E-state index contributed by atoms with van der Waals surface area (Å²) in [5.41, 5.74) is 0. The van der Waals surface area contributed by atoms with E-state index in [4.69, 9.17) is 4.74 Å². The van der Waals surface area contributed by atoms with E-state index in [2.05, 4.69) is 22.6 Å². The van der Waals surface area contributed by atoms with Crippen molar-refractivity contribution in [2.45, 2.75) is 42.0 Å². The maximum atomic E-state index is 9.83. The van der Waals surface area contributed by atoms with Gasteiger partial charge in [-0.05, 0) is 19.8 Å². The standard InChI is InChI=1S/C8H15IO3/c1-3-6(10)8(9)4-5-12-7(8,2)11/h6,10-11H,3-5H2,1-2H3. The predicted octanol–water partition coefficient (Wildman–Crippen LogP) is 1.06. The Hall–Kier alpha value is 0.610. The van der Waals surface area contributed by atoms with Gasteiger partial charge in [-0.25, -0.2) is 0 Å². The van der Waals surface area contributed by atoms with Crippen molar-refractivity contribution >= 4 is 22.6 Å². The Morgan fingerprint density at radius 1 is 1.67 bits per heavy atom. The topological polar surface area (TPSA) is 49.7 Å². The van der Waals surface area contributed by atoms with Crippen molar-refractivity contribution in [2.24, 2.45) is 0 Å². The van der Waals surface area contributed by atoms with E-state index in [1.165, 1.54) is 0 Å². The number of halogens is 1. The van der Waals surface area contributed by atoms with Gasteiger partial charge in [0.05, 0.1) is 12.7 Å². The first kappa shape index (κ1) is 10.7. The van der Waals surface area contributed by atoms with E-state index in [1.807, 2.05) is 6.92 Å². The molecule has 1 heterocycles. The molecule has 3 nitrogen and oxygen atoms in total. The summed E-state index contributed by atoms with van der Waals surface area (Å²) in [7, 11) is 0. The Morgan fingerprint density at radius 2 is 2.25 bits per heavy atom. The molecule has 72 valence electrons. The van der Waals surface area contributed by atoms with Crippen LogP contribution in [0.5, 0.6) is 0 Å². The second kappa shape index (κ2) is 3.40. The van der Waals surface area contributed by atoms with Gasteiger partial charge in [-0.1, -0.05) is 29.5 Å². The molecule has 0 radical (unpaired) electrons. The van der Waals surface area contributed by atoms with Crippen LogP contribution in [0.25, 0.3) is 0 Å². The summed E-state index contributed by atoms with van der Waals surface area (Å²) in [6.45, 7) is 4.04. The highest BCUT2D eigenvalue weighted by Crippen LogP contribution is 2.45. The van der Waals surface area contributed by atoms with E-state index in [1.54, 1.807) is 6.92 Å². The number of aliphatic hydroxyl groups is 2. The molecule has 1 fully saturated rings. The van der Waals surface area contributed by atoms with Crippen molar-refractivity contribution in [2.75, 3.05) is 6.61 Å². The highest BCUT2D eigenvalue weighted by molar-refractivity contribution is 14.1. The first-order chi connectivity index (χ1) is 5.44. The third-order valence-electron chi connectivity index (χ3n) is 2.54. The van der Waals surface area contributed by atoms with E-state index in [-0.39, 0.29) is 0 Å². The van der Waals surface area contributed by atoms with Crippen LogP contribution in [0.2, 0.25) is 0 Å². The molecule has 0 aromatic rings. The van der Waals surface area contributed by atoms with E-state index in [0.717, 1.165) is 0 Å². The van der Waals surface area contributed by atoms with Crippen LogP contribution in [0.4, 0.5) is 0 Å². The molecule has 0 bridgehead atoms. The molecule has 12 heavy (non-hydrogen) atoms. The highest BCUT2D eigenvalue weighted by atomic mass is 127. The lowest BCUT2D eigenvalue weighted by molar-refractivity contribution is -0.180. The van der Waals surface area contributed by atoms with Crippen molar-refractivity contribution in [3.63, 3.8) is 0 Å².